The highest BCUT2D eigenvalue weighted by molar-refractivity contribution is 5.95. The van der Waals surface area contributed by atoms with Crippen LogP contribution in [0.1, 0.15) is 77.4 Å². The molecular weight excluding hydrogens is 605 g/mol. The molecule has 49 heavy (non-hydrogen) atoms. The molecule has 5 aromatic rings. The molecule has 0 atom stereocenters. The molecule has 0 radical (unpaired) electrons. The van der Waals surface area contributed by atoms with Crippen molar-refractivity contribution in [3.8, 4) is 0 Å². The van der Waals surface area contributed by atoms with Gasteiger partial charge in [0.1, 0.15) is 11.3 Å². The molecule has 7 nitrogen and oxygen atoms in total. The van der Waals surface area contributed by atoms with Crippen molar-refractivity contribution in [1.82, 2.24) is 29.3 Å². The highest BCUT2D eigenvalue weighted by atomic mass is 16.2. The number of benzene rings is 2. The molecule has 1 aliphatic rings. The summed E-state index contributed by atoms with van der Waals surface area (Å²) >= 11 is 0. The van der Waals surface area contributed by atoms with Crippen molar-refractivity contribution in [3.05, 3.63) is 143 Å². The Morgan fingerprint density at radius 2 is 1.67 bits per heavy atom. The molecule has 1 saturated heterocycles. The minimum Gasteiger partial charge on any atom is -0.324 e. The third-order valence-corrected chi connectivity index (χ3v) is 9.30. The van der Waals surface area contributed by atoms with Crippen LogP contribution in [0.25, 0.3) is 16.6 Å². The van der Waals surface area contributed by atoms with E-state index in [4.69, 9.17) is 4.98 Å². The Morgan fingerprint density at radius 1 is 0.918 bits per heavy atom. The highest BCUT2D eigenvalue weighted by Crippen LogP contribution is 2.24. The first kappa shape index (κ1) is 34.0. The van der Waals surface area contributed by atoms with Gasteiger partial charge in [-0.05, 0) is 93.6 Å². The summed E-state index contributed by atoms with van der Waals surface area (Å²) in [6.45, 7) is 13.1. The van der Waals surface area contributed by atoms with Crippen LogP contribution in [0, 0.1) is 19.8 Å². The van der Waals surface area contributed by atoms with Crippen LogP contribution in [-0.2, 0) is 13.0 Å². The van der Waals surface area contributed by atoms with Gasteiger partial charge in [0.05, 0.1) is 17.4 Å². The summed E-state index contributed by atoms with van der Waals surface area (Å²) in [7, 11) is 0. The maximum atomic E-state index is 13.8. The van der Waals surface area contributed by atoms with E-state index in [2.05, 4.69) is 94.8 Å². The topological polar surface area (TPSA) is 67.2 Å². The molecular formula is C42H48N6O. The lowest BCUT2D eigenvalue weighted by Crippen LogP contribution is -2.27. The van der Waals surface area contributed by atoms with Crippen molar-refractivity contribution >= 4 is 22.5 Å². The Hall–Kier alpha value is -4.88. The van der Waals surface area contributed by atoms with E-state index in [-0.39, 0.29) is 5.91 Å². The van der Waals surface area contributed by atoms with Crippen molar-refractivity contribution in [2.45, 2.75) is 59.9 Å². The molecule has 1 aliphatic heterocycles. The number of carbonyl (C=O) groups excluding carboxylic acids is 1. The van der Waals surface area contributed by atoms with E-state index in [1.807, 2.05) is 48.4 Å². The SMILES string of the molecule is Cc1ccc(C(=CCN2CCCC2)c2cccc(CC=CN(CCC(C)C)C(=O)c3ccc(Cn4c(C)nc5cnccc54)cc3)n2)cc1. The van der Waals surface area contributed by atoms with Crippen molar-refractivity contribution in [2.75, 3.05) is 26.2 Å². The number of hydrogen-bond acceptors (Lipinski definition) is 5. The van der Waals surface area contributed by atoms with E-state index in [9.17, 15) is 4.79 Å². The summed E-state index contributed by atoms with van der Waals surface area (Å²) in [5.74, 6) is 1.44. The maximum Gasteiger partial charge on any atom is 0.257 e. The Balaban J connectivity index is 1.16. The molecule has 0 N–H and O–H groups in total. The zero-order valence-corrected chi connectivity index (χ0v) is 29.3. The monoisotopic (exact) mass is 652 g/mol. The number of allylic oxidation sites excluding steroid dienone is 1. The van der Waals surface area contributed by atoms with Gasteiger partial charge in [0.25, 0.3) is 5.91 Å². The minimum absolute atomic E-state index is 0.00648. The zero-order chi connectivity index (χ0) is 34.2. The summed E-state index contributed by atoms with van der Waals surface area (Å²) in [6, 6.07) is 25.0. The van der Waals surface area contributed by atoms with Crippen LogP contribution in [-0.4, -0.2) is 61.4 Å². The van der Waals surface area contributed by atoms with E-state index in [0.717, 1.165) is 59.9 Å². The van der Waals surface area contributed by atoms with Gasteiger partial charge in [-0.15, -0.1) is 0 Å². The number of carbonyl (C=O) groups is 1. The molecule has 1 amide bonds. The Labute approximate surface area is 291 Å². The van der Waals surface area contributed by atoms with Gasteiger partial charge in [-0.25, -0.2) is 4.98 Å². The lowest BCUT2D eigenvalue weighted by atomic mass is 10.00. The Morgan fingerprint density at radius 3 is 2.43 bits per heavy atom. The molecule has 2 aromatic carbocycles. The summed E-state index contributed by atoms with van der Waals surface area (Å²) < 4.78 is 2.18. The third-order valence-electron chi connectivity index (χ3n) is 9.30. The molecule has 0 saturated carbocycles. The fourth-order valence-corrected chi connectivity index (χ4v) is 6.38. The number of aryl methyl sites for hydroxylation is 2. The van der Waals surface area contributed by atoms with Crippen LogP contribution in [0.3, 0.4) is 0 Å². The zero-order valence-electron chi connectivity index (χ0n) is 29.3. The van der Waals surface area contributed by atoms with Gasteiger partial charge in [0.15, 0.2) is 0 Å². The second-order valence-corrected chi connectivity index (χ2v) is 13.6. The van der Waals surface area contributed by atoms with Gasteiger partial charge in [-0.3, -0.25) is 19.7 Å². The fraction of sp³-hybridized carbons (Fsp3) is 0.333. The molecule has 7 heteroatoms. The van der Waals surface area contributed by atoms with E-state index < -0.39 is 0 Å². The summed E-state index contributed by atoms with van der Waals surface area (Å²) in [4.78, 5) is 32.1. The fourth-order valence-electron chi connectivity index (χ4n) is 6.38. The number of nitrogens with zero attached hydrogens (tertiary/aromatic N) is 6. The van der Waals surface area contributed by atoms with Crippen LogP contribution in [0.4, 0.5) is 0 Å². The van der Waals surface area contributed by atoms with Gasteiger partial charge in [-0.2, -0.15) is 0 Å². The number of amides is 1. The number of imidazole rings is 1. The van der Waals surface area contributed by atoms with E-state index in [0.29, 0.717) is 31.0 Å². The number of fused-ring (bicyclic) bond motifs is 1. The first-order valence-electron chi connectivity index (χ1n) is 17.6. The normalized spacial score (nSPS) is 14.0. The number of hydrogen-bond donors (Lipinski definition) is 0. The van der Waals surface area contributed by atoms with Crippen LogP contribution in [0.15, 0.2) is 104 Å². The first-order valence-corrected chi connectivity index (χ1v) is 17.6. The van der Waals surface area contributed by atoms with Crippen LogP contribution in [0.2, 0.25) is 0 Å². The summed E-state index contributed by atoms with van der Waals surface area (Å²) in [5.41, 5.74) is 9.31. The standard InChI is InChI=1S/C42H48N6O/c1-31(2)21-28-47(42(49)36-18-14-34(15-19-36)30-48-33(4)44-40-29-43-23-20-41(40)48)26-8-10-37-9-7-11-39(45-37)38(22-27-46-24-5-6-25-46)35-16-12-32(3)13-17-35/h7-9,11-20,22-23,26,29,31H,5-6,10,21,24-25,27-28,30H2,1-4H3. The lowest BCUT2D eigenvalue weighted by molar-refractivity contribution is 0.0816. The first-order chi connectivity index (χ1) is 23.8. The molecule has 252 valence electrons. The van der Waals surface area contributed by atoms with E-state index in [1.54, 1.807) is 12.4 Å². The van der Waals surface area contributed by atoms with Gasteiger partial charge in [0.2, 0.25) is 0 Å². The minimum atomic E-state index is 0.00648. The smallest absolute Gasteiger partial charge is 0.257 e. The van der Waals surface area contributed by atoms with Crippen molar-refractivity contribution in [3.63, 3.8) is 0 Å². The lowest BCUT2D eigenvalue weighted by Gasteiger charge is -2.20. The molecule has 0 aliphatic carbocycles. The van der Waals surface area contributed by atoms with Gasteiger partial charge in [0, 0.05) is 55.3 Å². The van der Waals surface area contributed by atoms with Crippen LogP contribution in [0.5, 0.6) is 0 Å². The quantitative estimate of drug-likeness (QED) is 0.128. The Bertz CT molecular complexity index is 1910. The predicted octanol–water partition coefficient (Wildman–Crippen LogP) is 8.26. The predicted molar refractivity (Wildman–Crippen MR) is 199 cm³/mol. The average molecular weight is 653 g/mol. The molecule has 0 unspecified atom stereocenters. The van der Waals surface area contributed by atoms with E-state index in [1.165, 1.54) is 29.5 Å². The number of aromatic nitrogens is 4. The molecule has 6 rings (SSSR count). The number of likely N-dealkylation sites (tertiary alicyclic amines) is 1. The van der Waals surface area contributed by atoms with Gasteiger partial charge in [-0.1, -0.05) is 74.0 Å². The van der Waals surface area contributed by atoms with E-state index >= 15 is 0 Å². The molecule has 3 aromatic heterocycles. The van der Waals surface area contributed by atoms with Crippen molar-refractivity contribution in [1.29, 1.82) is 0 Å². The Kier molecular flexibility index (Phi) is 11.1. The van der Waals surface area contributed by atoms with Crippen molar-refractivity contribution in [2.24, 2.45) is 5.92 Å². The van der Waals surface area contributed by atoms with Crippen LogP contribution >= 0.6 is 0 Å². The molecule has 4 heterocycles. The molecule has 0 spiro atoms. The van der Waals surface area contributed by atoms with Crippen LogP contribution < -0.4 is 0 Å². The largest absolute Gasteiger partial charge is 0.324 e. The maximum absolute atomic E-state index is 13.8. The second-order valence-electron chi connectivity index (χ2n) is 13.6. The molecule has 1 fully saturated rings. The number of rotatable bonds is 13. The highest BCUT2D eigenvalue weighted by Gasteiger charge is 2.16. The summed E-state index contributed by atoms with van der Waals surface area (Å²) in [6.07, 6.45) is 14.1. The number of pyridine rings is 2. The summed E-state index contributed by atoms with van der Waals surface area (Å²) in [5, 5.41) is 0. The van der Waals surface area contributed by atoms with Crippen molar-refractivity contribution < 1.29 is 4.79 Å². The van der Waals surface area contributed by atoms with Gasteiger partial charge < -0.3 is 9.47 Å². The second kappa shape index (κ2) is 16.0. The third kappa shape index (κ3) is 8.78. The molecule has 0 bridgehead atoms. The average Bonchev–Trinajstić information content (AvgIpc) is 3.75. The van der Waals surface area contributed by atoms with Gasteiger partial charge >= 0.3 is 0 Å².